The smallest absolute Gasteiger partial charge is 0.333 e. The molecule has 0 aromatic heterocycles. The van der Waals surface area contributed by atoms with Crippen molar-refractivity contribution in [3.05, 3.63) is 12.2 Å². The summed E-state index contributed by atoms with van der Waals surface area (Å²) in [5, 5.41) is 0. The van der Waals surface area contributed by atoms with Crippen LogP contribution in [0.2, 0.25) is 0 Å². The van der Waals surface area contributed by atoms with E-state index in [9.17, 15) is 4.79 Å². The quantitative estimate of drug-likeness (QED) is 0.148. The van der Waals surface area contributed by atoms with Crippen LogP contribution in [0.15, 0.2) is 12.2 Å². The van der Waals surface area contributed by atoms with E-state index in [1.165, 1.54) is 83.5 Å². The molecule has 0 aliphatic rings. The van der Waals surface area contributed by atoms with E-state index in [0.29, 0.717) is 12.2 Å². The molecule has 2 heteroatoms. The predicted octanol–water partition coefficient (Wildman–Crippen LogP) is 7.37. The van der Waals surface area contributed by atoms with Crippen molar-refractivity contribution < 1.29 is 9.53 Å². The minimum atomic E-state index is -0.177. The molecule has 0 bridgehead atoms. The van der Waals surface area contributed by atoms with Gasteiger partial charge in [-0.3, -0.25) is 0 Å². The lowest BCUT2D eigenvalue weighted by molar-refractivity contribution is -0.139. The second kappa shape index (κ2) is 18.5. The van der Waals surface area contributed by atoms with Crippen molar-refractivity contribution in [2.24, 2.45) is 0 Å². The van der Waals surface area contributed by atoms with Crippen LogP contribution in [0.5, 0.6) is 0 Å². The Balaban J connectivity index is 3.35. The minimum Gasteiger partial charge on any atom is -0.462 e. The lowest BCUT2D eigenvalue weighted by Crippen LogP contribution is -2.08. The summed E-state index contributed by atoms with van der Waals surface area (Å²) in [7, 11) is 0. The number of carbonyl (C=O) groups is 1. The van der Waals surface area contributed by atoms with Crippen molar-refractivity contribution in [2.45, 2.75) is 117 Å². The van der Waals surface area contributed by atoms with E-state index in [1.807, 2.05) is 0 Å². The van der Waals surface area contributed by atoms with Crippen LogP contribution in [0, 0.1) is 0 Å². The Bertz CT molecular complexity index is 296. The summed E-state index contributed by atoms with van der Waals surface area (Å²) in [4.78, 5) is 11.8. The van der Waals surface area contributed by atoms with Gasteiger partial charge in [-0.15, -0.1) is 0 Å². The van der Waals surface area contributed by atoms with Crippen molar-refractivity contribution in [3.63, 3.8) is 0 Å². The molecule has 0 saturated carbocycles. The van der Waals surface area contributed by atoms with Crippen LogP contribution in [-0.2, 0) is 9.53 Å². The number of unbranched alkanes of at least 4 members (excludes halogenated alkanes) is 13. The van der Waals surface area contributed by atoms with E-state index in [1.54, 1.807) is 0 Å². The first-order chi connectivity index (χ1) is 11.7. The fourth-order valence-corrected chi connectivity index (χ4v) is 2.90. The molecule has 142 valence electrons. The van der Waals surface area contributed by atoms with Crippen molar-refractivity contribution in [3.8, 4) is 0 Å². The molecule has 0 amide bonds. The standard InChI is InChI=1S/C22H42O2/c1-4-6-8-10-12-14-16-18-20-24-22(23)21(3)19-17-15-13-11-9-7-5-2/h3-20H2,1-2H3. The lowest BCUT2D eigenvalue weighted by Gasteiger charge is -2.07. The molecule has 24 heavy (non-hydrogen) atoms. The predicted molar refractivity (Wildman–Crippen MR) is 105 cm³/mol. The van der Waals surface area contributed by atoms with Gasteiger partial charge in [0, 0.05) is 5.57 Å². The number of carbonyl (C=O) groups excluding carboxylic acids is 1. The Morgan fingerprint density at radius 1 is 0.667 bits per heavy atom. The molecule has 0 aromatic rings. The zero-order valence-electron chi connectivity index (χ0n) is 16.5. The lowest BCUT2D eigenvalue weighted by atomic mass is 10.1. The molecule has 0 spiro atoms. The fraction of sp³-hybridized carbons (Fsp3) is 0.864. The van der Waals surface area contributed by atoms with Gasteiger partial charge in [0.05, 0.1) is 6.61 Å². The molecular formula is C22H42O2. The average molecular weight is 339 g/mol. The molecule has 0 radical (unpaired) electrons. The highest BCUT2D eigenvalue weighted by atomic mass is 16.5. The van der Waals surface area contributed by atoms with Gasteiger partial charge in [-0.25, -0.2) is 4.79 Å². The van der Waals surface area contributed by atoms with E-state index in [4.69, 9.17) is 4.74 Å². The highest BCUT2D eigenvalue weighted by molar-refractivity contribution is 5.87. The molecule has 0 aliphatic heterocycles. The molecular weight excluding hydrogens is 296 g/mol. The van der Waals surface area contributed by atoms with Crippen LogP contribution in [0.25, 0.3) is 0 Å². The van der Waals surface area contributed by atoms with Gasteiger partial charge in [0.15, 0.2) is 0 Å². The maximum absolute atomic E-state index is 11.8. The maximum Gasteiger partial charge on any atom is 0.333 e. The van der Waals surface area contributed by atoms with E-state index in [-0.39, 0.29) is 5.97 Å². The molecule has 0 heterocycles. The Hall–Kier alpha value is -0.790. The second-order valence-corrected chi connectivity index (χ2v) is 7.09. The van der Waals surface area contributed by atoms with Gasteiger partial charge in [0.1, 0.15) is 0 Å². The Morgan fingerprint density at radius 3 is 1.58 bits per heavy atom. The van der Waals surface area contributed by atoms with Gasteiger partial charge in [-0.05, 0) is 19.3 Å². The van der Waals surface area contributed by atoms with Crippen molar-refractivity contribution in [1.82, 2.24) is 0 Å². The van der Waals surface area contributed by atoms with Crippen LogP contribution < -0.4 is 0 Å². The first kappa shape index (κ1) is 23.2. The van der Waals surface area contributed by atoms with Crippen LogP contribution in [0.1, 0.15) is 117 Å². The molecule has 0 saturated heterocycles. The third-order valence-electron chi connectivity index (χ3n) is 4.60. The molecule has 0 unspecified atom stereocenters. The summed E-state index contributed by atoms with van der Waals surface area (Å²) in [6.45, 7) is 8.93. The highest BCUT2D eigenvalue weighted by Gasteiger charge is 2.07. The number of hydrogen-bond donors (Lipinski definition) is 0. The molecule has 0 aromatic carbocycles. The normalized spacial score (nSPS) is 10.8. The largest absolute Gasteiger partial charge is 0.462 e. The van der Waals surface area contributed by atoms with Gasteiger partial charge in [0.2, 0.25) is 0 Å². The maximum atomic E-state index is 11.8. The molecule has 0 rings (SSSR count). The minimum absolute atomic E-state index is 0.177. The fourth-order valence-electron chi connectivity index (χ4n) is 2.90. The summed E-state index contributed by atoms with van der Waals surface area (Å²) in [6, 6.07) is 0. The highest BCUT2D eigenvalue weighted by Crippen LogP contribution is 2.13. The van der Waals surface area contributed by atoms with Crippen LogP contribution in [0.3, 0.4) is 0 Å². The third kappa shape index (κ3) is 16.1. The molecule has 0 aliphatic carbocycles. The summed E-state index contributed by atoms with van der Waals surface area (Å²) in [5.41, 5.74) is 0.656. The van der Waals surface area contributed by atoms with Gasteiger partial charge >= 0.3 is 5.97 Å². The van der Waals surface area contributed by atoms with Crippen LogP contribution in [0.4, 0.5) is 0 Å². The second-order valence-electron chi connectivity index (χ2n) is 7.09. The zero-order valence-corrected chi connectivity index (χ0v) is 16.5. The Kier molecular flexibility index (Phi) is 17.9. The van der Waals surface area contributed by atoms with E-state index in [2.05, 4.69) is 20.4 Å². The molecule has 0 N–H and O–H groups in total. The average Bonchev–Trinajstić information content (AvgIpc) is 2.59. The zero-order chi connectivity index (χ0) is 17.9. The van der Waals surface area contributed by atoms with Crippen molar-refractivity contribution in [2.75, 3.05) is 6.61 Å². The molecule has 0 fully saturated rings. The van der Waals surface area contributed by atoms with E-state index in [0.717, 1.165) is 19.3 Å². The monoisotopic (exact) mass is 338 g/mol. The van der Waals surface area contributed by atoms with E-state index < -0.39 is 0 Å². The summed E-state index contributed by atoms with van der Waals surface area (Å²) in [5.74, 6) is -0.177. The number of hydrogen-bond acceptors (Lipinski definition) is 2. The molecule has 0 atom stereocenters. The Labute approximate surface area is 151 Å². The Morgan fingerprint density at radius 2 is 1.08 bits per heavy atom. The van der Waals surface area contributed by atoms with Gasteiger partial charge in [-0.1, -0.05) is 104 Å². The first-order valence-corrected chi connectivity index (χ1v) is 10.6. The summed E-state index contributed by atoms with van der Waals surface area (Å²) in [6.07, 6.45) is 19.8. The van der Waals surface area contributed by atoms with Gasteiger partial charge in [-0.2, -0.15) is 0 Å². The topological polar surface area (TPSA) is 26.3 Å². The number of esters is 1. The van der Waals surface area contributed by atoms with Gasteiger partial charge in [0.25, 0.3) is 0 Å². The van der Waals surface area contributed by atoms with E-state index >= 15 is 0 Å². The molecule has 2 nitrogen and oxygen atoms in total. The summed E-state index contributed by atoms with van der Waals surface area (Å²) >= 11 is 0. The SMILES string of the molecule is C=C(CCCCCCCCC)C(=O)OCCCCCCCCCC. The van der Waals surface area contributed by atoms with Crippen molar-refractivity contribution in [1.29, 1.82) is 0 Å². The summed E-state index contributed by atoms with van der Waals surface area (Å²) < 4.78 is 5.32. The van der Waals surface area contributed by atoms with Crippen molar-refractivity contribution >= 4 is 5.97 Å². The van der Waals surface area contributed by atoms with Gasteiger partial charge < -0.3 is 4.74 Å². The van der Waals surface area contributed by atoms with Crippen LogP contribution >= 0.6 is 0 Å². The number of ether oxygens (including phenoxy) is 1. The third-order valence-corrected chi connectivity index (χ3v) is 4.60. The first-order valence-electron chi connectivity index (χ1n) is 10.6. The van der Waals surface area contributed by atoms with Crippen LogP contribution in [-0.4, -0.2) is 12.6 Å². The number of rotatable bonds is 18.